The topological polar surface area (TPSA) is 33.2 Å². The standard InChI is InChI=1S/C16H14N2OS/c1-11-17-14-9-8-12(10-15(14)20-11)16(19)18(2)13-6-4-3-5-7-13/h3-10H,1-2H3. The molecule has 100 valence electrons. The number of hydrogen-bond donors (Lipinski definition) is 0. The summed E-state index contributed by atoms with van der Waals surface area (Å²) in [5.41, 5.74) is 2.52. The summed E-state index contributed by atoms with van der Waals surface area (Å²) in [4.78, 5) is 18.6. The van der Waals surface area contributed by atoms with Crippen LogP contribution in [0.2, 0.25) is 0 Å². The van der Waals surface area contributed by atoms with Crippen molar-refractivity contribution in [3.05, 3.63) is 59.1 Å². The summed E-state index contributed by atoms with van der Waals surface area (Å²) in [6.45, 7) is 1.97. The number of amides is 1. The number of benzene rings is 2. The molecule has 0 bridgehead atoms. The molecular weight excluding hydrogens is 268 g/mol. The molecule has 0 atom stereocenters. The summed E-state index contributed by atoms with van der Waals surface area (Å²) >= 11 is 1.61. The molecule has 3 rings (SSSR count). The highest BCUT2D eigenvalue weighted by molar-refractivity contribution is 7.18. The van der Waals surface area contributed by atoms with E-state index in [2.05, 4.69) is 4.98 Å². The lowest BCUT2D eigenvalue weighted by molar-refractivity contribution is 0.0993. The van der Waals surface area contributed by atoms with Gasteiger partial charge in [0.15, 0.2) is 0 Å². The van der Waals surface area contributed by atoms with Crippen molar-refractivity contribution < 1.29 is 4.79 Å². The first-order valence-electron chi connectivity index (χ1n) is 6.35. The Bertz CT molecular complexity index is 765. The smallest absolute Gasteiger partial charge is 0.258 e. The molecule has 3 aromatic rings. The number of nitrogens with zero attached hydrogens (tertiary/aromatic N) is 2. The number of carbonyl (C=O) groups excluding carboxylic acids is 1. The number of aryl methyl sites for hydroxylation is 1. The van der Waals surface area contributed by atoms with Crippen LogP contribution in [-0.4, -0.2) is 17.9 Å². The fourth-order valence-corrected chi connectivity index (χ4v) is 3.00. The van der Waals surface area contributed by atoms with Crippen LogP contribution in [0.1, 0.15) is 15.4 Å². The second kappa shape index (κ2) is 5.06. The van der Waals surface area contributed by atoms with Crippen molar-refractivity contribution in [1.29, 1.82) is 0 Å². The Kier molecular flexibility index (Phi) is 3.24. The fourth-order valence-electron chi connectivity index (χ4n) is 2.14. The molecule has 0 saturated carbocycles. The van der Waals surface area contributed by atoms with Gasteiger partial charge >= 0.3 is 0 Å². The van der Waals surface area contributed by atoms with Crippen LogP contribution < -0.4 is 4.90 Å². The molecule has 2 aromatic carbocycles. The van der Waals surface area contributed by atoms with Gasteiger partial charge < -0.3 is 4.90 Å². The van der Waals surface area contributed by atoms with Gasteiger partial charge in [0.25, 0.3) is 5.91 Å². The molecule has 0 aliphatic carbocycles. The molecule has 1 heterocycles. The molecule has 4 heteroatoms. The maximum absolute atomic E-state index is 12.5. The summed E-state index contributed by atoms with van der Waals surface area (Å²) in [6, 6.07) is 15.3. The summed E-state index contributed by atoms with van der Waals surface area (Å²) < 4.78 is 1.05. The number of fused-ring (bicyclic) bond motifs is 1. The first kappa shape index (κ1) is 12.8. The molecule has 0 fully saturated rings. The Morgan fingerprint density at radius 3 is 2.65 bits per heavy atom. The molecule has 0 spiro atoms. The van der Waals surface area contributed by atoms with E-state index in [4.69, 9.17) is 0 Å². The van der Waals surface area contributed by atoms with Gasteiger partial charge in [-0.15, -0.1) is 11.3 Å². The van der Waals surface area contributed by atoms with Crippen LogP contribution in [0.5, 0.6) is 0 Å². The van der Waals surface area contributed by atoms with Crippen LogP contribution in [-0.2, 0) is 0 Å². The van der Waals surface area contributed by atoms with Gasteiger partial charge in [-0.05, 0) is 37.3 Å². The molecule has 0 saturated heterocycles. The predicted octanol–water partition coefficient (Wildman–Crippen LogP) is 3.88. The van der Waals surface area contributed by atoms with Gasteiger partial charge in [-0.3, -0.25) is 4.79 Å². The predicted molar refractivity (Wildman–Crippen MR) is 83.5 cm³/mol. The fraction of sp³-hybridized carbons (Fsp3) is 0.125. The summed E-state index contributed by atoms with van der Waals surface area (Å²) in [7, 11) is 1.79. The Balaban J connectivity index is 1.95. The molecule has 0 N–H and O–H groups in total. The SMILES string of the molecule is Cc1nc2ccc(C(=O)N(C)c3ccccc3)cc2s1. The summed E-state index contributed by atoms with van der Waals surface area (Å²) in [5, 5.41) is 1.01. The van der Waals surface area contributed by atoms with Crippen molar-refractivity contribution in [3.63, 3.8) is 0 Å². The lowest BCUT2D eigenvalue weighted by Gasteiger charge is -2.17. The summed E-state index contributed by atoms with van der Waals surface area (Å²) in [5.74, 6) is -0.0100. The van der Waals surface area contributed by atoms with Gasteiger partial charge in [-0.1, -0.05) is 18.2 Å². The first-order valence-corrected chi connectivity index (χ1v) is 7.17. The van der Waals surface area contributed by atoms with Gasteiger partial charge in [-0.2, -0.15) is 0 Å². The van der Waals surface area contributed by atoms with E-state index in [1.165, 1.54) is 0 Å². The number of aromatic nitrogens is 1. The highest BCUT2D eigenvalue weighted by atomic mass is 32.1. The van der Waals surface area contributed by atoms with Crippen LogP contribution >= 0.6 is 11.3 Å². The highest BCUT2D eigenvalue weighted by Gasteiger charge is 2.14. The second-order valence-corrected chi connectivity index (χ2v) is 5.85. The zero-order chi connectivity index (χ0) is 14.1. The van der Waals surface area contributed by atoms with Crippen molar-refractivity contribution in [2.24, 2.45) is 0 Å². The highest BCUT2D eigenvalue weighted by Crippen LogP contribution is 2.24. The molecule has 20 heavy (non-hydrogen) atoms. The first-order chi connectivity index (χ1) is 9.65. The maximum Gasteiger partial charge on any atom is 0.258 e. The maximum atomic E-state index is 12.5. The van der Waals surface area contributed by atoms with Crippen molar-refractivity contribution in [2.45, 2.75) is 6.92 Å². The summed E-state index contributed by atoms with van der Waals surface area (Å²) in [6.07, 6.45) is 0. The molecule has 0 aliphatic heterocycles. The largest absolute Gasteiger partial charge is 0.311 e. The number of anilines is 1. The molecule has 3 nitrogen and oxygen atoms in total. The van der Waals surface area contributed by atoms with E-state index < -0.39 is 0 Å². The minimum Gasteiger partial charge on any atom is -0.311 e. The molecular formula is C16H14N2OS. The number of rotatable bonds is 2. The third kappa shape index (κ3) is 2.30. The molecule has 1 amide bonds. The number of hydrogen-bond acceptors (Lipinski definition) is 3. The van der Waals surface area contributed by atoms with E-state index in [9.17, 15) is 4.79 Å². The average Bonchev–Trinajstić information content (AvgIpc) is 2.85. The Labute approximate surface area is 121 Å². The van der Waals surface area contributed by atoms with E-state index in [1.54, 1.807) is 23.3 Å². The molecule has 0 unspecified atom stereocenters. The van der Waals surface area contributed by atoms with E-state index in [-0.39, 0.29) is 5.91 Å². The normalized spacial score (nSPS) is 10.7. The van der Waals surface area contributed by atoms with Gasteiger partial charge in [0.05, 0.1) is 15.2 Å². The van der Waals surface area contributed by atoms with Gasteiger partial charge in [0.1, 0.15) is 0 Å². The molecule has 0 aliphatic rings. The minimum atomic E-state index is -0.0100. The third-order valence-electron chi connectivity index (χ3n) is 3.19. The zero-order valence-corrected chi connectivity index (χ0v) is 12.1. The minimum absolute atomic E-state index is 0.0100. The Hall–Kier alpha value is -2.20. The van der Waals surface area contributed by atoms with E-state index in [0.29, 0.717) is 5.56 Å². The monoisotopic (exact) mass is 282 g/mol. The quantitative estimate of drug-likeness (QED) is 0.714. The number of carbonyl (C=O) groups is 1. The van der Waals surface area contributed by atoms with E-state index >= 15 is 0 Å². The van der Waals surface area contributed by atoms with Crippen molar-refractivity contribution in [3.8, 4) is 0 Å². The van der Waals surface area contributed by atoms with Crippen LogP contribution in [0, 0.1) is 6.92 Å². The van der Waals surface area contributed by atoms with Crippen LogP contribution in [0.25, 0.3) is 10.2 Å². The number of para-hydroxylation sites is 1. The van der Waals surface area contributed by atoms with Gasteiger partial charge in [0, 0.05) is 18.3 Å². The zero-order valence-electron chi connectivity index (χ0n) is 11.3. The lowest BCUT2D eigenvalue weighted by atomic mass is 10.2. The number of thiazole rings is 1. The van der Waals surface area contributed by atoms with Gasteiger partial charge in [0.2, 0.25) is 0 Å². The van der Waals surface area contributed by atoms with Crippen LogP contribution in [0.15, 0.2) is 48.5 Å². The second-order valence-electron chi connectivity index (χ2n) is 4.62. The van der Waals surface area contributed by atoms with Crippen molar-refractivity contribution in [1.82, 2.24) is 4.98 Å². The Morgan fingerprint density at radius 2 is 1.90 bits per heavy atom. The van der Waals surface area contributed by atoms with Crippen molar-refractivity contribution >= 4 is 33.1 Å². The van der Waals surface area contributed by atoms with E-state index in [1.807, 2.05) is 55.5 Å². The third-order valence-corrected chi connectivity index (χ3v) is 4.12. The molecule has 0 radical (unpaired) electrons. The Morgan fingerprint density at radius 1 is 1.15 bits per heavy atom. The average molecular weight is 282 g/mol. The van der Waals surface area contributed by atoms with Crippen LogP contribution in [0.3, 0.4) is 0 Å². The molecule has 1 aromatic heterocycles. The lowest BCUT2D eigenvalue weighted by Crippen LogP contribution is -2.25. The van der Waals surface area contributed by atoms with E-state index in [0.717, 1.165) is 20.9 Å². The van der Waals surface area contributed by atoms with Crippen molar-refractivity contribution in [2.75, 3.05) is 11.9 Å². The van der Waals surface area contributed by atoms with Crippen LogP contribution in [0.4, 0.5) is 5.69 Å². The van der Waals surface area contributed by atoms with Gasteiger partial charge in [-0.25, -0.2) is 4.98 Å².